The van der Waals surface area contributed by atoms with E-state index in [2.05, 4.69) is 22.9 Å². The first-order chi connectivity index (χ1) is 10.3. The molecule has 2 nitrogen and oxygen atoms in total. The van der Waals surface area contributed by atoms with Crippen molar-refractivity contribution in [3.8, 4) is 0 Å². The molecule has 21 heavy (non-hydrogen) atoms. The molecule has 0 heterocycles. The van der Waals surface area contributed by atoms with Gasteiger partial charge in [-0.1, -0.05) is 87.1 Å². The SMILES string of the molecule is CCCCCCCCCCCOC(=O)CCCCCCBr. The van der Waals surface area contributed by atoms with Gasteiger partial charge in [0.15, 0.2) is 0 Å². The Bertz CT molecular complexity index is 219. The Kier molecular flexibility index (Phi) is 18.0. The average molecular weight is 363 g/mol. The van der Waals surface area contributed by atoms with Crippen LogP contribution >= 0.6 is 15.9 Å². The van der Waals surface area contributed by atoms with Gasteiger partial charge < -0.3 is 4.74 Å². The minimum absolute atomic E-state index is 0.00610. The van der Waals surface area contributed by atoms with Gasteiger partial charge in [-0.3, -0.25) is 4.79 Å². The number of alkyl halides is 1. The van der Waals surface area contributed by atoms with Crippen LogP contribution < -0.4 is 0 Å². The summed E-state index contributed by atoms with van der Waals surface area (Å²) in [4.78, 5) is 11.5. The van der Waals surface area contributed by atoms with Crippen molar-refractivity contribution in [1.29, 1.82) is 0 Å². The van der Waals surface area contributed by atoms with E-state index in [1.165, 1.54) is 64.2 Å². The lowest BCUT2D eigenvalue weighted by atomic mass is 10.1. The molecule has 0 radical (unpaired) electrons. The van der Waals surface area contributed by atoms with E-state index >= 15 is 0 Å². The van der Waals surface area contributed by atoms with Gasteiger partial charge in [-0.25, -0.2) is 0 Å². The zero-order valence-electron chi connectivity index (χ0n) is 14.0. The van der Waals surface area contributed by atoms with E-state index in [9.17, 15) is 4.79 Å². The fourth-order valence-electron chi connectivity index (χ4n) is 2.39. The predicted octanol–water partition coefficient (Wildman–Crippen LogP) is 6.41. The molecule has 0 aliphatic rings. The second-order valence-corrected chi connectivity index (χ2v) is 6.70. The number of carbonyl (C=O) groups is 1. The average Bonchev–Trinajstić information content (AvgIpc) is 2.49. The Morgan fingerprint density at radius 3 is 1.90 bits per heavy atom. The van der Waals surface area contributed by atoms with Crippen molar-refractivity contribution < 1.29 is 9.53 Å². The molecule has 126 valence electrons. The van der Waals surface area contributed by atoms with Gasteiger partial charge in [-0.05, 0) is 19.3 Å². The lowest BCUT2D eigenvalue weighted by molar-refractivity contribution is -0.143. The van der Waals surface area contributed by atoms with Gasteiger partial charge in [0.2, 0.25) is 0 Å². The summed E-state index contributed by atoms with van der Waals surface area (Å²) in [6.07, 6.45) is 16.8. The molecule has 0 aromatic carbocycles. The lowest BCUT2D eigenvalue weighted by Gasteiger charge is -2.05. The van der Waals surface area contributed by atoms with Crippen molar-refractivity contribution in [3.63, 3.8) is 0 Å². The van der Waals surface area contributed by atoms with Crippen LogP contribution in [-0.2, 0) is 9.53 Å². The Labute approximate surface area is 140 Å². The van der Waals surface area contributed by atoms with Crippen LogP contribution in [0, 0.1) is 0 Å². The molecule has 0 aliphatic heterocycles. The summed E-state index contributed by atoms with van der Waals surface area (Å²) in [6, 6.07) is 0. The summed E-state index contributed by atoms with van der Waals surface area (Å²) in [5.41, 5.74) is 0. The summed E-state index contributed by atoms with van der Waals surface area (Å²) in [6.45, 7) is 2.88. The van der Waals surface area contributed by atoms with Crippen LogP contribution in [0.25, 0.3) is 0 Å². The molecule has 0 atom stereocenters. The van der Waals surface area contributed by atoms with E-state index in [0.717, 1.165) is 24.6 Å². The van der Waals surface area contributed by atoms with Gasteiger partial charge in [0, 0.05) is 11.8 Å². The highest BCUT2D eigenvalue weighted by Crippen LogP contribution is 2.10. The summed E-state index contributed by atoms with van der Waals surface area (Å²) < 4.78 is 5.26. The maximum absolute atomic E-state index is 11.5. The smallest absolute Gasteiger partial charge is 0.305 e. The Morgan fingerprint density at radius 1 is 0.762 bits per heavy atom. The van der Waals surface area contributed by atoms with Crippen LogP contribution in [-0.4, -0.2) is 17.9 Å². The van der Waals surface area contributed by atoms with Crippen molar-refractivity contribution >= 4 is 21.9 Å². The Morgan fingerprint density at radius 2 is 1.29 bits per heavy atom. The van der Waals surface area contributed by atoms with E-state index in [-0.39, 0.29) is 5.97 Å². The first kappa shape index (κ1) is 20.9. The molecular formula is C18H35BrO2. The van der Waals surface area contributed by atoms with Gasteiger partial charge in [0.05, 0.1) is 6.61 Å². The zero-order chi connectivity index (χ0) is 15.6. The van der Waals surface area contributed by atoms with Crippen LogP contribution in [0.1, 0.15) is 96.8 Å². The fraction of sp³-hybridized carbons (Fsp3) is 0.944. The molecule has 0 bridgehead atoms. The second-order valence-electron chi connectivity index (χ2n) is 5.90. The highest BCUT2D eigenvalue weighted by atomic mass is 79.9. The third-order valence-electron chi connectivity index (χ3n) is 3.78. The van der Waals surface area contributed by atoms with Crippen LogP contribution in [0.3, 0.4) is 0 Å². The molecule has 0 rings (SSSR count). The standard InChI is InChI=1S/C18H35BrO2/c1-2-3-4-5-6-7-8-11-14-17-21-18(20)15-12-9-10-13-16-19/h2-17H2,1H3. The number of carbonyl (C=O) groups excluding carboxylic acids is 1. The fourth-order valence-corrected chi connectivity index (χ4v) is 2.78. The van der Waals surface area contributed by atoms with E-state index in [0.29, 0.717) is 13.0 Å². The van der Waals surface area contributed by atoms with E-state index in [1.807, 2.05) is 0 Å². The molecule has 0 aliphatic carbocycles. The normalized spacial score (nSPS) is 10.8. The minimum Gasteiger partial charge on any atom is -0.466 e. The largest absolute Gasteiger partial charge is 0.466 e. The molecule has 0 spiro atoms. The predicted molar refractivity (Wildman–Crippen MR) is 95.1 cm³/mol. The number of esters is 1. The van der Waals surface area contributed by atoms with E-state index in [1.54, 1.807) is 0 Å². The summed E-state index contributed by atoms with van der Waals surface area (Å²) in [5.74, 6) is -0.00610. The monoisotopic (exact) mass is 362 g/mol. The van der Waals surface area contributed by atoms with Crippen molar-refractivity contribution in [3.05, 3.63) is 0 Å². The van der Waals surface area contributed by atoms with Crippen LogP contribution in [0.4, 0.5) is 0 Å². The Balaban J connectivity index is 3.11. The topological polar surface area (TPSA) is 26.3 Å². The molecule has 0 saturated heterocycles. The van der Waals surface area contributed by atoms with Crippen molar-refractivity contribution in [2.75, 3.05) is 11.9 Å². The third-order valence-corrected chi connectivity index (χ3v) is 4.34. The van der Waals surface area contributed by atoms with Crippen LogP contribution in [0.5, 0.6) is 0 Å². The van der Waals surface area contributed by atoms with Crippen LogP contribution in [0.15, 0.2) is 0 Å². The van der Waals surface area contributed by atoms with E-state index < -0.39 is 0 Å². The molecule has 3 heteroatoms. The molecule has 0 unspecified atom stereocenters. The number of hydrogen-bond donors (Lipinski definition) is 0. The molecular weight excluding hydrogens is 328 g/mol. The van der Waals surface area contributed by atoms with E-state index in [4.69, 9.17) is 4.74 Å². The summed E-state index contributed by atoms with van der Waals surface area (Å²) in [5, 5.41) is 1.07. The van der Waals surface area contributed by atoms with Crippen molar-refractivity contribution in [2.45, 2.75) is 96.8 Å². The van der Waals surface area contributed by atoms with Gasteiger partial charge in [-0.2, -0.15) is 0 Å². The quantitative estimate of drug-likeness (QED) is 0.180. The maximum atomic E-state index is 11.5. The molecule has 0 N–H and O–H groups in total. The van der Waals surface area contributed by atoms with Gasteiger partial charge in [0.1, 0.15) is 0 Å². The number of halogens is 1. The first-order valence-corrected chi connectivity index (χ1v) is 10.1. The summed E-state index contributed by atoms with van der Waals surface area (Å²) >= 11 is 3.41. The van der Waals surface area contributed by atoms with Crippen molar-refractivity contribution in [1.82, 2.24) is 0 Å². The third kappa shape index (κ3) is 17.9. The van der Waals surface area contributed by atoms with Gasteiger partial charge in [0.25, 0.3) is 0 Å². The lowest BCUT2D eigenvalue weighted by Crippen LogP contribution is -2.05. The van der Waals surface area contributed by atoms with Gasteiger partial charge in [-0.15, -0.1) is 0 Å². The van der Waals surface area contributed by atoms with Crippen molar-refractivity contribution in [2.24, 2.45) is 0 Å². The number of unbranched alkanes of at least 4 members (excludes halogenated alkanes) is 11. The van der Waals surface area contributed by atoms with Crippen LogP contribution in [0.2, 0.25) is 0 Å². The summed E-state index contributed by atoms with van der Waals surface area (Å²) in [7, 11) is 0. The second kappa shape index (κ2) is 18.0. The number of rotatable bonds is 16. The zero-order valence-corrected chi connectivity index (χ0v) is 15.6. The molecule has 0 aromatic heterocycles. The maximum Gasteiger partial charge on any atom is 0.305 e. The highest BCUT2D eigenvalue weighted by molar-refractivity contribution is 9.09. The molecule has 0 fully saturated rings. The Hall–Kier alpha value is -0.0500. The number of ether oxygens (including phenoxy) is 1. The highest BCUT2D eigenvalue weighted by Gasteiger charge is 2.02. The first-order valence-electron chi connectivity index (χ1n) is 9.02. The molecule has 0 saturated carbocycles. The molecule has 0 amide bonds. The van der Waals surface area contributed by atoms with Gasteiger partial charge >= 0.3 is 5.97 Å². The minimum atomic E-state index is -0.00610. The molecule has 0 aromatic rings. The number of hydrogen-bond acceptors (Lipinski definition) is 2.